The predicted molar refractivity (Wildman–Crippen MR) is 205 cm³/mol. The highest BCUT2D eigenvalue weighted by atomic mass is 32.2. The monoisotopic (exact) mass is 768 g/mol. The molecule has 296 valence electrons. The Labute approximate surface area is 319 Å². The summed E-state index contributed by atoms with van der Waals surface area (Å²) in [6, 6.07) is 10.5. The summed E-state index contributed by atoms with van der Waals surface area (Å²) in [5.41, 5.74) is -1.05. The summed E-state index contributed by atoms with van der Waals surface area (Å²) in [6.45, 7) is 9.44. The first kappa shape index (κ1) is 41.0. The van der Waals surface area contributed by atoms with E-state index in [1.807, 2.05) is 12.1 Å². The Morgan fingerprint density at radius 3 is 2.30 bits per heavy atom. The Balaban J connectivity index is 1.11. The third-order valence-electron chi connectivity index (χ3n) is 10.8. The number of amides is 4. The smallest absolute Gasteiger partial charge is 0.407 e. The van der Waals surface area contributed by atoms with Gasteiger partial charge in [-0.15, -0.1) is 6.58 Å². The molecule has 5 atom stereocenters. The molecule has 0 aromatic heterocycles. The third-order valence-corrected chi connectivity index (χ3v) is 12.6. The molecular formula is C40H56N4O9S. The number of methoxy groups -OCH3 is 2. The van der Waals surface area contributed by atoms with Crippen LogP contribution in [-0.4, -0.2) is 93.5 Å². The third kappa shape index (κ3) is 9.73. The molecule has 0 spiro atoms. The van der Waals surface area contributed by atoms with Crippen LogP contribution >= 0.6 is 0 Å². The van der Waals surface area contributed by atoms with Crippen molar-refractivity contribution in [1.82, 2.24) is 20.3 Å². The van der Waals surface area contributed by atoms with E-state index in [-0.39, 0.29) is 26.0 Å². The molecular weight excluding hydrogens is 713 g/mol. The van der Waals surface area contributed by atoms with E-state index in [4.69, 9.17) is 14.2 Å². The maximum Gasteiger partial charge on any atom is 0.407 e. The largest absolute Gasteiger partial charge is 0.496 e. The molecule has 2 aromatic carbocycles. The summed E-state index contributed by atoms with van der Waals surface area (Å²) in [5, 5.41) is 7.23. The summed E-state index contributed by atoms with van der Waals surface area (Å²) in [7, 11) is -0.667. The predicted octanol–water partition coefficient (Wildman–Crippen LogP) is 4.77. The van der Waals surface area contributed by atoms with Crippen molar-refractivity contribution >= 4 is 44.6 Å². The van der Waals surface area contributed by atoms with Crippen LogP contribution in [0.25, 0.3) is 10.8 Å². The molecule has 4 amide bonds. The van der Waals surface area contributed by atoms with Crippen LogP contribution in [0, 0.1) is 11.3 Å². The Bertz CT molecular complexity index is 1820. The fourth-order valence-electron chi connectivity index (χ4n) is 7.22. The summed E-state index contributed by atoms with van der Waals surface area (Å²) in [6.07, 6.45) is 7.09. The summed E-state index contributed by atoms with van der Waals surface area (Å²) >= 11 is 0. The van der Waals surface area contributed by atoms with Crippen LogP contribution in [0.5, 0.6) is 5.75 Å². The van der Waals surface area contributed by atoms with Gasteiger partial charge in [-0.2, -0.15) is 0 Å². The van der Waals surface area contributed by atoms with Crippen LogP contribution in [0.1, 0.15) is 84.1 Å². The van der Waals surface area contributed by atoms with Gasteiger partial charge in [-0.25, -0.2) is 13.2 Å². The van der Waals surface area contributed by atoms with Gasteiger partial charge < -0.3 is 29.7 Å². The van der Waals surface area contributed by atoms with Crippen LogP contribution < -0.4 is 20.1 Å². The van der Waals surface area contributed by atoms with E-state index < -0.39 is 74.1 Å². The van der Waals surface area contributed by atoms with Gasteiger partial charge in [-0.3, -0.25) is 19.1 Å². The van der Waals surface area contributed by atoms with Gasteiger partial charge in [0.05, 0.1) is 25.1 Å². The molecule has 1 heterocycles. The number of aryl methyl sites for hydroxylation is 1. The highest BCUT2D eigenvalue weighted by molar-refractivity contribution is 7.91. The van der Waals surface area contributed by atoms with Crippen molar-refractivity contribution in [1.29, 1.82) is 0 Å². The molecule has 14 heteroatoms. The SMILES string of the molecule is C=C[C@@H]1C[C@]1(NC(=O)[C@@H]1C[C@H](OC)CN1C(=O)[C@@H](NC(=O)OCCCCCCCc1cc2ccccc2cc1OC)C(C)(C)C)C(=O)NS(=O)(=O)C1CC1. The van der Waals surface area contributed by atoms with Crippen molar-refractivity contribution in [3.05, 3.63) is 54.6 Å². The zero-order valence-electron chi connectivity index (χ0n) is 32.2. The van der Waals surface area contributed by atoms with Gasteiger partial charge in [0, 0.05) is 26.0 Å². The summed E-state index contributed by atoms with van der Waals surface area (Å²) < 4.78 is 43.9. The van der Waals surface area contributed by atoms with Crippen LogP contribution in [0.15, 0.2) is 49.1 Å². The Morgan fingerprint density at radius 2 is 1.69 bits per heavy atom. The number of fused-ring (bicyclic) bond motifs is 1. The number of hydrogen-bond acceptors (Lipinski definition) is 9. The van der Waals surface area contributed by atoms with Gasteiger partial charge in [0.2, 0.25) is 21.8 Å². The van der Waals surface area contributed by atoms with Crippen LogP contribution in [-0.2, 0) is 40.3 Å². The Morgan fingerprint density at radius 1 is 1.02 bits per heavy atom. The lowest BCUT2D eigenvalue weighted by molar-refractivity contribution is -0.143. The fourth-order valence-corrected chi connectivity index (χ4v) is 8.58. The van der Waals surface area contributed by atoms with Crippen molar-refractivity contribution < 1.29 is 41.8 Å². The molecule has 2 saturated carbocycles. The van der Waals surface area contributed by atoms with Crippen LogP contribution in [0.2, 0.25) is 0 Å². The molecule has 54 heavy (non-hydrogen) atoms. The number of sulfonamides is 1. The zero-order valence-corrected chi connectivity index (χ0v) is 33.0. The zero-order chi connectivity index (χ0) is 39.3. The molecule has 0 radical (unpaired) electrons. The lowest BCUT2D eigenvalue weighted by Crippen LogP contribution is -2.60. The second-order valence-electron chi connectivity index (χ2n) is 15.9. The van der Waals surface area contributed by atoms with Crippen LogP contribution in [0.4, 0.5) is 4.79 Å². The van der Waals surface area contributed by atoms with Gasteiger partial charge in [0.25, 0.3) is 5.91 Å². The van der Waals surface area contributed by atoms with Crippen molar-refractivity contribution in [3.63, 3.8) is 0 Å². The molecule has 3 aliphatic rings. The minimum absolute atomic E-state index is 0.0878. The average Bonchev–Trinajstić information content (AvgIpc) is 4.06. The number of carbonyl (C=O) groups is 4. The highest BCUT2D eigenvalue weighted by Gasteiger charge is 2.62. The number of hydrogen-bond donors (Lipinski definition) is 3. The quantitative estimate of drug-likeness (QED) is 0.143. The first-order chi connectivity index (χ1) is 25.6. The molecule has 3 N–H and O–H groups in total. The molecule has 3 fully saturated rings. The lowest BCUT2D eigenvalue weighted by Gasteiger charge is -2.35. The van der Waals surface area contributed by atoms with Crippen LogP contribution in [0.3, 0.4) is 0 Å². The van der Waals surface area contributed by atoms with E-state index in [0.29, 0.717) is 19.3 Å². The molecule has 0 unspecified atom stereocenters. The van der Waals surface area contributed by atoms with E-state index in [2.05, 4.69) is 46.2 Å². The van der Waals surface area contributed by atoms with Gasteiger partial charge in [0.15, 0.2) is 0 Å². The summed E-state index contributed by atoms with van der Waals surface area (Å²) in [4.78, 5) is 55.6. The van der Waals surface area contributed by atoms with Crippen molar-refractivity contribution in [2.75, 3.05) is 27.4 Å². The molecule has 1 aliphatic heterocycles. The molecule has 13 nitrogen and oxygen atoms in total. The summed E-state index contributed by atoms with van der Waals surface area (Å²) in [5.74, 6) is -1.49. The Hall–Kier alpha value is -4.17. The van der Waals surface area contributed by atoms with Gasteiger partial charge in [-0.1, -0.05) is 70.4 Å². The molecule has 2 aromatic rings. The number of nitrogens with one attached hydrogen (secondary N) is 3. The first-order valence-corrected chi connectivity index (χ1v) is 20.5. The number of likely N-dealkylation sites (tertiary alicyclic amines) is 1. The number of rotatable bonds is 18. The molecule has 1 saturated heterocycles. The topological polar surface area (TPSA) is 169 Å². The fraction of sp³-hybridized carbons (Fsp3) is 0.600. The number of carbonyl (C=O) groups excluding carboxylic acids is 4. The van der Waals surface area contributed by atoms with E-state index in [1.165, 1.54) is 29.0 Å². The number of unbranched alkanes of at least 4 members (excludes halogenated alkanes) is 4. The standard InChI is InChI=1S/C40H56N4O9S/c1-7-29-24-40(29,37(47)43-54(49,50)31-18-19-31)42-35(45)32-23-30(51-5)25-44(32)36(46)34(39(2,3)4)41-38(48)53-20-14-10-8-9-11-17-28-21-26-15-12-13-16-27(26)22-33(28)52-6/h7,12-13,15-16,21-22,29-32,34H,1,8-11,14,17-20,23-25H2,2-6H3,(H,41,48)(H,42,45)(H,43,47)/t29-,30+,32+,34-,40-/m1/s1. The molecule has 5 rings (SSSR count). The van der Waals surface area contributed by atoms with Crippen molar-refractivity contribution in [2.45, 2.75) is 114 Å². The average molecular weight is 769 g/mol. The van der Waals surface area contributed by atoms with Crippen molar-refractivity contribution in [2.24, 2.45) is 11.3 Å². The van der Waals surface area contributed by atoms with Gasteiger partial charge in [0.1, 0.15) is 23.4 Å². The lowest BCUT2D eigenvalue weighted by atomic mass is 9.85. The van der Waals surface area contributed by atoms with Gasteiger partial charge in [-0.05, 0) is 72.4 Å². The van der Waals surface area contributed by atoms with E-state index in [9.17, 15) is 27.6 Å². The molecule has 2 aliphatic carbocycles. The number of ether oxygens (including phenoxy) is 3. The Kier molecular flexibility index (Phi) is 13.0. The number of nitrogens with zero attached hydrogens (tertiary/aromatic N) is 1. The maximum absolute atomic E-state index is 14.1. The highest BCUT2D eigenvalue weighted by Crippen LogP contribution is 2.45. The second kappa shape index (κ2) is 17.1. The van der Waals surface area contributed by atoms with Crippen molar-refractivity contribution in [3.8, 4) is 5.75 Å². The normalized spacial score (nSPS) is 23.0. The number of alkyl carbamates (subject to hydrolysis) is 1. The van der Waals surface area contributed by atoms with E-state index in [0.717, 1.165) is 43.2 Å². The first-order valence-electron chi connectivity index (χ1n) is 19.0. The second-order valence-corrected chi connectivity index (χ2v) is 17.9. The molecule has 0 bridgehead atoms. The van der Waals surface area contributed by atoms with E-state index >= 15 is 0 Å². The number of benzene rings is 2. The maximum atomic E-state index is 14.1. The van der Waals surface area contributed by atoms with E-state index in [1.54, 1.807) is 27.9 Å². The minimum Gasteiger partial charge on any atom is -0.496 e. The van der Waals surface area contributed by atoms with Gasteiger partial charge >= 0.3 is 6.09 Å². The minimum atomic E-state index is -3.85.